The fourth-order valence-electron chi connectivity index (χ4n) is 2.13. The minimum atomic E-state index is -1.44. The Balaban J connectivity index is 2.29. The van der Waals surface area contributed by atoms with Gasteiger partial charge in [0.15, 0.2) is 0 Å². The van der Waals surface area contributed by atoms with Crippen molar-refractivity contribution in [3.63, 3.8) is 0 Å². The zero-order chi connectivity index (χ0) is 20.0. The summed E-state index contributed by atoms with van der Waals surface area (Å²) in [6, 6.07) is 11.7. The molecular weight excluding hydrogens is 360 g/mol. The second-order valence-corrected chi connectivity index (χ2v) is 11.6. The lowest BCUT2D eigenvalue weighted by molar-refractivity contribution is 0.0598. The van der Waals surface area contributed by atoms with E-state index in [0.717, 1.165) is 5.56 Å². The summed E-state index contributed by atoms with van der Waals surface area (Å²) in [4.78, 5) is 23.7. The third-order valence-electron chi connectivity index (χ3n) is 3.42. The minimum absolute atomic E-state index is 0.202. The van der Waals surface area contributed by atoms with Gasteiger partial charge in [-0.05, 0) is 42.5 Å². The van der Waals surface area contributed by atoms with E-state index in [2.05, 4.69) is 31.1 Å². The summed E-state index contributed by atoms with van der Waals surface area (Å²) >= 11 is 0. The van der Waals surface area contributed by atoms with E-state index in [1.165, 1.54) is 32.4 Å². The van der Waals surface area contributed by atoms with Gasteiger partial charge in [-0.1, -0.05) is 25.6 Å². The molecule has 0 aromatic heterocycles. The fourth-order valence-corrected chi connectivity index (χ4v) is 2.65. The number of benzene rings is 2. The number of rotatable bonds is 4. The molecule has 2 aromatic rings. The molecular formula is C21H22O5Si. The van der Waals surface area contributed by atoms with Gasteiger partial charge in [0, 0.05) is 5.56 Å². The molecule has 0 saturated carbocycles. The Morgan fingerprint density at radius 3 is 1.78 bits per heavy atom. The van der Waals surface area contributed by atoms with Crippen molar-refractivity contribution in [3.05, 3.63) is 59.2 Å². The third kappa shape index (κ3) is 6.01. The zero-order valence-corrected chi connectivity index (χ0v) is 17.1. The molecule has 0 bridgehead atoms. The molecule has 2 aromatic carbocycles. The Bertz CT molecular complexity index is 865. The van der Waals surface area contributed by atoms with Crippen molar-refractivity contribution in [1.29, 1.82) is 0 Å². The van der Waals surface area contributed by atoms with Crippen LogP contribution in [-0.4, -0.2) is 34.2 Å². The minimum Gasteiger partial charge on any atom is -0.465 e. The predicted octanol–water partition coefficient (Wildman–Crippen LogP) is 4.28. The van der Waals surface area contributed by atoms with Crippen LogP contribution in [0.4, 0.5) is 0 Å². The molecule has 0 fully saturated rings. The highest BCUT2D eigenvalue weighted by atomic mass is 28.3. The molecule has 5 nitrogen and oxygen atoms in total. The standard InChI is InChI=1S/C21H22O5Si/c1-24-20(22)16-12-17(21(23)25-2)14-19(13-16)26-18-8-6-15(7-9-18)10-11-27(3,4)5/h6-9,12-14H,1-5H3. The molecule has 0 atom stereocenters. The van der Waals surface area contributed by atoms with Crippen LogP contribution in [0.3, 0.4) is 0 Å². The Morgan fingerprint density at radius 2 is 1.33 bits per heavy atom. The SMILES string of the molecule is COC(=O)c1cc(Oc2ccc(C#C[Si](C)(C)C)cc2)cc(C(=O)OC)c1. The monoisotopic (exact) mass is 382 g/mol. The second-order valence-electron chi connectivity index (χ2n) is 6.86. The molecule has 0 radical (unpaired) electrons. The number of carbonyl (C=O) groups is 2. The molecule has 0 aliphatic heterocycles. The average Bonchev–Trinajstić information content (AvgIpc) is 2.65. The Hall–Kier alpha value is -3.04. The Labute approximate surface area is 160 Å². The number of esters is 2. The van der Waals surface area contributed by atoms with Gasteiger partial charge in [-0.25, -0.2) is 9.59 Å². The van der Waals surface area contributed by atoms with Crippen LogP contribution in [0.25, 0.3) is 0 Å². The lowest BCUT2D eigenvalue weighted by Gasteiger charge is -2.10. The molecule has 0 heterocycles. The second kappa shape index (κ2) is 8.56. The number of carbonyl (C=O) groups excluding carboxylic acids is 2. The van der Waals surface area contributed by atoms with Crippen molar-refractivity contribution in [2.45, 2.75) is 19.6 Å². The molecule has 2 rings (SSSR count). The average molecular weight is 382 g/mol. The Kier molecular flexibility index (Phi) is 6.43. The quantitative estimate of drug-likeness (QED) is 0.449. The van der Waals surface area contributed by atoms with Crippen LogP contribution < -0.4 is 4.74 Å². The van der Waals surface area contributed by atoms with E-state index >= 15 is 0 Å². The van der Waals surface area contributed by atoms with Crippen LogP contribution in [0.2, 0.25) is 19.6 Å². The van der Waals surface area contributed by atoms with Crippen molar-refractivity contribution >= 4 is 20.0 Å². The normalized spacial score (nSPS) is 10.4. The highest BCUT2D eigenvalue weighted by molar-refractivity contribution is 6.83. The molecule has 0 unspecified atom stereocenters. The van der Waals surface area contributed by atoms with Crippen molar-refractivity contribution in [2.24, 2.45) is 0 Å². The molecule has 0 saturated heterocycles. The maximum absolute atomic E-state index is 11.8. The number of hydrogen-bond donors (Lipinski definition) is 0. The van der Waals surface area contributed by atoms with E-state index in [1.807, 2.05) is 12.1 Å². The van der Waals surface area contributed by atoms with Gasteiger partial charge in [0.25, 0.3) is 0 Å². The van der Waals surface area contributed by atoms with E-state index in [9.17, 15) is 9.59 Å². The third-order valence-corrected chi connectivity index (χ3v) is 4.30. The van der Waals surface area contributed by atoms with Crippen molar-refractivity contribution in [1.82, 2.24) is 0 Å². The summed E-state index contributed by atoms with van der Waals surface area (Å²) in [5.41, 5.74) is 4.61. The first-order chi connectivity index (χ1) is 12.7. The van der Waals surface area contributed by atoms with Crippen molar-refractivity contribution in [2.75, 3.05) is 14.2 Å². The highest BCUT2D eigenvalue weighted by Gasteiger charge is 2.15. The van der Waals surface area contributed by atoms with Gasteiger partial charge in [0.2, 0.25) is 0 Å². The van der Waals surface area contributed by atoms with Gasteiger partial charge in [0.1, 0.15) is 19.6 Å². The molecule has 140 valence electrons. The van der Waals surface area contributed by atoms with Crippen LogP contribution in [0.1, 0.15) is 26.3 Å². The van der Waals surface area contributed by atoms with Gasteiger partial charge in [-0.2, -0.15) is 0 Å². The molecule has 0 N–H and O–H groups in total. The topological polar surface area (TPSA) is 61.8 Å². The summed E-state index contributed by atoms with van der Waals surface area (Å²) in [5.74, 6) is 2.93. The molecule has 27 heavy (non-hydrogen) atoms. The molecule has 0 amide bonds. The number of methoxy groups -OCH3 is 2. The number of ether oxygens (including phenoxy) is 3. The highest BCUT2D eigenvalue weighted by Crippen LogP contribution is 2.25. The van der Waals surface area contributed by atoms with Gasteiger partial charge >= 0.3 is 11.9 Å². The van der Waals surface area contributed by atoms with E-state index in [-0.39, 0.29) is 11.1 Å². The lowest BCUT2D eigenvalue weighted by Crippen LogP contribution is -2.16. The van der Waals surface area contributed by atoms with Gasteiger partial charge < -0.3 is 14.2 Å². The first-order valence-electron chi connectivity index (χ1n) is 8.34. The molecule has 0 aliphatic rings. The maximum atomic E-state index is 11.8. The van der Waals surface area contributed by atoms with E-state index in [4.69, 9.17) is 14.2 Å². The zero-order valence-electron chi connectivity index (χ0n) is 16.1. The smallest absolute Gasteiger partial charge is 0.338 e. The van der Waals surface area contributed by atoms with Gasteiger partial charge in [-0.15, -0.1) is 5.54 Å². The van der Waals surface area contributed by atoms with Crippen LogP contribution in [0.5, 0.6) is 11.5 Å². The molecule has 0 spiro atoms. The van der Waals surface area contributed by atoms with Crippen molar-refractivity contribution < 1.29 is 23.8 Å². The van der Waals surface area contributed by atoms with Crippen LogP contribution in [-0.2, 0) is 9.47 Å². The molecule has 6 heteroatoms. The van der Waals surface area contributed by atoms with Gasteiger partial charge in [0.05, 0.1) is 25.3 Å². The summed E-state index contributed by atoms with van der Waals surface area (Å²) in [6.07, 6.45) is 0. The van der Waals surface area contributed by atoms with Crippen LogP contribution >= 0.6 is 0 Å². The largest absolute Gasteiger partial charge is 0.465 e. The van der Waals surface area contributed by atoms with Gasteiger partial charge in [-0.3, -0.25) is 0 Å². The summed E-state index contributed by atoms with van der Waals surface area (Å²) in [7, 11) is 1.11. The van der Waals surface area contributed by atoms with E-state index in [0.29, 0.717) is 11.5 Å². The fraction of sp³-hybridized carbons (Fsp3) is 0.238. The lowest BCUT2D eigenvalue weighted by atomic mass is 10.1. The summed E-state index contributed by atoms with van der Waals surface area (Å²) in [5, 5.41) is 0. The first-order valence-corrected chi connectivity index (χ1v) is 11.8. The predicted molar refractivity (Wildman–Crippen MR) is 106 cm³/mol. The summed E-state index contributed by atoms with van der Waals surface area (Å²) in [6.45, 7) is 6.56. The summed E-state index contributed by atoms with van der Waals surface area (Å²) < 4.78 is 15.2. The first kappa shape index (κ1) is 20.3. The van der Waals surface area contributed by atoms with Crippen molar-refractivity contribution in [3.8, 4) is 23.0 Å². The van der Waals surface area contributed by atoms with Crippen LogP contribution in [0.15, 0.2) is 42.5 Å². The maximum Gasteiger partial charge on any atom is 0.338 e. The number of hydrogen-bond acceptors (Lipinski definition) is 5. The van der Waals surface area contributed by atoms with Crippen LogP contribution in [0, 0.1) is 11.5 Å². The van der Waals surface area contributed by atoms with E-state index < -0.39 is 20.0 Å². The molecule has 0 aliphatic carbocycles. The Morgan fingerprint density at radius 1 is 0.815 bits per heavy atom. The van der Waals surface area contributed by atoms with E-state index in [1.54, 1.807) is 12.1 Å².